The summed E-state index contributed by atoms with van der Waals surface area (Å²) in [4.78, 5) is 29.5. The first-order valence-electron chi connectivity index (χ1n) is 11.4. The molecule has 6 heteroatoms. The third-order valence-electron chi connectivity index (χ3n) is 6.47. The Labute approximate surface area is 180 Å². The minimum Gasteiger partial charge on any atom is -0.496 e. The lowest BCUT2D eigenvalue weighted by Gasteiger charge is -2.41. The number of carbonyl (C=O) groups excluding carboxylic acids is 2. The molecular formula is C24H37N3O3. The number of benzene rings is 1. The second kappa shape index (κ2) is 10.8. The molecule has 2 heterocycles. The first-order chi connectivity index (χ1) is 14.5. The molecule has 2 fully saturated rings. The van der Waals surface area contributed by atoms with Gasteiger partial charge in [-0.1, -0.05) is 18.2 Å². The van der Waals surface area contributed by atoms with Crippen LogP contribution in [-0.2, 0) is 16.0 Å². The van der Waals surface area contributed by atoms with E-state index in [4.69, 9.17) is 4.74 Å². The molecule has 2 aliphatic rings. The molecule has 6 nitrogen and oxygen atoms in total. The lowest BCUT2D eigenvalue weighted by Crippen LogP contribution is -2.50. The molecule has 0 atom stereocenters. The Balaban J connectivity index is 1.39. The molecule has 0 radical (unpaired) electrons. The van der Waals surface area contributed by atoms with E-state index in [0.29, 0.717) is 18.9 Å². The molecule has 2 aliphatic heterocycles. The van der Waals surface area contributed by atoms with Crippen molar-refractivity contribution in [1.29, 1.82) is 0 Å². The van der Waals surface area contributed by atoms with Gasteiger partial charge in [0.1, 0.15) is 5.75 Å². The van der Waals surface area contributed by atoms with E-state index in [1.807, 2.05) is 43.0 Å². The number of carbonyl (C=O) groups is 2. The fraction of sp³-hybridized carbons (Fsp3) is 0.667. The number of amides is 2. The number of likely N-dealkylation sites (tertiary alicyclic amines) is 2. The van der Waals surface area contributed by atoms with Gasteiger partial charge in [-0.25, -0.2) is 0 Å². The number of methoxy groups -OCH3 is 1. The van der Waals surface area contributed by atoms with Crippen molar-refractivity contribution in [1.82, 2.24) is 15.1 Å². The summed E-state index contributed by atoms with van der Waals surface area (Å²) in [5, 5.41) is 3.05. The third-order valence-corrected chi connectivity index (χ3v) is 6.47. The second-order valence-electron chi connectivity index (χ2n) is 8.90. The summed E-state index contributed by atoms with van der Waals surface area (Å²) in [6, 6.07) is 8.67. The summed E-state index contributed by atoms with van der Waals surface area (Å²) in [6.07, 6.45) is 5.19. The molecule has 3 rings (SSSR count). The van der Waals surface area contributed by atoms with E-state index >= 15 is 0 Å². The molecule has 1 aromatic rings. The van der Waals surface area contributed by atoms with E-state index in [1.165, 1.54) is 0 Å². The molecular weight excluding hydrogens is 378 g/mol. The zero-order valence-corrected chi connectivity index (χ0v) is 18.7. The van der Waals surface area contributed by atoms with Gasteiger partial charge in [0.2, 0.25) is 11.8 Å². The van der Waals surface area contributed by atoms with Crippen molar-refractivity contribution < 1.29 is 14.3 Å². The average molecular weight is 416 g/mol. The first kappa shape index (κ1) is 22.6. The molecule has 30 heavy (non-hydrogen) atoms. The maximum Gasteiger partial charge on any atom is 0.223 e. The van der Waals surface area contributed by atoms with Gasteiger partial charge in [-0.05, 0) is 70.7 Å². The van der Waals surface area contributed by atoms with Crippen molar-refractivity contribution in [3.63, 3.8) is 0 Å². The van der Waals surface area contributed by atoms with Crippen LogP contribution < -0.4 is 10.1 Å². The van der Waals surface area contributed by atoms with Gasteiger partial charge in [-0.3, -0.25) is 9.59 Å². The van der Waals surface area contributed by atoms with Crippen LogP contribution in [0.2, 0.25) is 0 Å². The van der Waals surface area contributed by atoms with Crippen LogP contribution in [0, 0.1) is 5.92 Å². The quantitative estimate of drug-likeness (QED) is 0.744. The van der Waals surface area contributed by atoms with Crippen LogP contribution in [0.5, 0.6) is 5.75 Å². The Morgan fingerprint density at radius 3 is 2.37 bits per heavy atom. The van der Waals surface area contributed by atoms with Crippen molar-refractivity contribution in [2.75, 3.05) is 33.3 Å². The molecule has 166 valence electrons. The van der Waals surface area contributed by atoms with E-state index in [2.05, 4.69) is 10.2 Å². The number of nitrogens with one attached hydrogen (secondary N) is 1. The molecule has 0 aliphatic carbocycles. The van der Waals surface area contributed by atoms with Crippen LogP contribution >= 0.6 is 0 Å². The van der Waals surface area contributed by atoms with Gasteiger partial charge in [-0.2, -0.15) is 0 Å². The summed E-state index contributed by atoms with van der Waals surface area (Å²) in [7, 11) is 1.67. The van der Waals surface area contributed by atoms with Crippen molar-refractivity contribution in [2.45, 2.75) is 64.5 Å². The fourth-order valence-corrected chi connectivity index (χ4v) is 4.72. The lowest BCUT2D eigenvalue weighted by molar-refractivity contribution is -0.133. The molecule has 1 N–H and O–H groups in total. The van der Waals surface area contributed by atoms with E-state index in [1.54, 1.807) is 7.11 Å². The van der Waals surface area contributed by atoms with Crippen LogP contribution in [0.1, 0.15) is 51.5 Å². The van der Waals surface area contributed by atoms with Gasteiger partial charge in [0.25, 0.3) is 0 Å². The topological polar surface area (TPSA) is 61.9 Å². The number of aryl methyl sites for hydroxylation is 1. The predicted molar refractivity (Wildman–Crippen MR) is 118 cm³/mol. The number of para-hydroxylation sites is 1. The SMILES string of the molecule is COc1ccccc1CCC(=O)N1CCC(N2CCC(C(=O)NC(C)C)CC2)CC1. The van der Waals surface area contributed by atoms with Crippen LogP contribution in [-0.4, -0.2) is 67.0 Å². The van der Waals surface area contributed by atoms with Gasteiger partial charge in [-0.15, -0.1) is 0 Å². The van der Waals surface area contributed by atoms with Gasteiger partial charge >= 0.3 is 0 Å². The molecule has 0 unspecified atom stereocenters. The third kappa shape index (κ3) is 5.97. The van der Waals surface area contributed by atoms with Gasteiger partial charge in [0, 0.05) is 37.5 Å². The fourth-order valence-electron chi connectivity index (χ4n) is 4.72. The van der Waals surface area contributed by atoms with Crippen LogP contribution in [0.25, 0.3) is 0 Å². The summed E-state index contributed by atoms with van der Waals surface area (Å²) in [6.45, 7) is 7.68. The van der Waals surface area contributed by atoms with Crippen molar-refractivity contribution in [3.8, 4) is 5.75 Å². The maximum absolute atomic E-state index is 12.7. The Morgan fingerprint density at radius 2 is 1.73 bits per heavy atom. The highest BCUT2D eigenvalue weighted by atomic mass is 16.5. The molecule has 0 bridgehead atoms. The minimum absolute atomic E-state index is 0.153. The Morgan fingerprint density at radius 1 is 1.07 bits per heavy atom. The highest BCUT2D eigenvalue weighted by Crippen LogP contribution is 2.25. The second-order valence-corrected chi connectivity index (χ2v) is 8.90. The number of rotatable bonds is 7. The van der Waals surface area contributed by atoms with Crippen molar-refractivity contribution in [3.05, 3.63) is 29.8 Å². The van der Waals surface area contributed by atoms with E-state index in [0.717, 1.165) is 63.2 Å². The highest BCUT2D eigenvalue weighted by Gasteiger charge is 2.31. The van der Waals surface area contributed by atoms with Crippen LogP contribution in [0.15, 0.2) is 24.3 Å². The van der Waals surface area contributed by atoms with Gasteiger partial charge < -0.3 is 19.9 Å². The van der Waals surface area contributed by atoms with Gasteiger partial charge in [0.15, 0.2) is 0 Å². The highest BCUT2D eigenvalue weighted by molar-refractivity contribution is 5.79. The number of hydrogen-bond acceptors (Lipinski definition) is 4. The number of hydrogen-bond donors (Lipinski definition) is 1. The van der Waals surface area contributed by atoms with Crippen molar-refractivity contribution in [2.24, 2.45) is 5.92 Å². The average Bonchev–Trinajstić information content (AvgIpc) is 2.77. The van der Waals surface area contributed by atoms with Gasteiger partial charge in [0.05, 0.1) is 7.11 Å². The summed E-state index contributed by atoms with van der Waals surface area (Å²) in [5.41, 5.74) is 1.09. The standard InChI is InChI=1S/C24H37N3O3/c1-18(2)25-24(29)20-10-14-26(15-11-20)21-12-16-27(17-13-21)23(28)9-8-19-6-4-5-7-22(19)30-3/h4-7,18,20-21H,8-17H2,1-3H3,(H,25,29). The monoisotopic (exact) mass is 415 g/mol. The summed E-state index contributed by atoms with van der Waals surface area (Å²) < 4.78 is 5.39. The maximum atomic E-state index is 12.7. The summed E-state index contributed by atoms with van der Waals surface area (Å²) >= 11 is 0. The molecule has 2 saturated heterocycles. The predicted octanol–water partition coefficient (Wildman–Crippen LogP) is 2.86. The van der Waals surface area contributed by atoms with E-state index in [-0.39, 0.29) is 23.8 Å². The van der Waals surface area contributed by atoms with E-state index in [9.17, 15) is 9.59 Å². The largest absolute Gasteiger partial charge is 0.496 e. The molecule has 0 saturated carbocycles. The number of piperidine rings is 2. The number of nitrogens with zero attached hydrogens (tertiary/aromatic N) is 2. The molecule has 0 spiro atoms. The van der Waals surface area contributed by atoms with Crippen molar-refractivity contribution >= 4 is 11.8 Å². The smallest absolute Gasteiger partial charge is 0.223 e. The van der Waals surface area contributed by atoms with Crippen LogP contribution in [0.4, 0.5) is 0 Å². The lowest BCUT2D eigenvalue weighted by atomic mass is 9.92. The summed E-state index contributed by atoms with van der Waals surface area (Å²) in [5.74, 6) is 1.46. The Hall–Kier alpha value is -2.08. The molecule has 2 amide bonds. The zero-order valence-electron chi connectivity index (χ0n) is 18.7. The first-order valence-corrected chi connectivity index (χ1v) is 11.4. The molecule has 1 aromatic carbocycles. The van der Waals surface area contributed by atoms with E-state index < -0.39 is 0 Å². The van der Waals surface area contributed by atoms with Crippen LogP contribution in [0.3, 0.4) is 0 Å². The number of ether oxygens (including phenoxy) is 1. The zero-order chi connectivity index (χ0) is 21.5. The normalized spacial score (nSPS) is 19.1. The Kier molecular flexibility index (Phi) is 8.14. The Bertz CT molecular complexity index is 705. The minimum atomic E-state index is 0.153. The molecule has 0 aromatic heterocycles.